The highest BCUT2D eigenvalue weighted by atomic mass is 16.5. The Morgan fingerprint density at radius 2 is 2.18 bits per heavy atom. The van der Waals surface area contributed by atoms with Crippen molar-refractivity contribution in [2.75, 3.05) is 13.7 Å². The summed E-state index contributed by atoms with van der Waals surface area (Å²) in [4.78, 5) is 0. The van der Waals surface area contributed by atoms with E-state index in [1.54, 1.807) is 7.11 Å². The van der Waals surface area contributed by atoms with E-state index < -0.39 is 0 Å². The molecular weight excluding hydrogens is 212 g/mol. The molecule has 3 N–H and O–H groups in total. The Bertz CT molecular complexity index is 354. The van der Waals surface area contributed by atoms with Crippen LogP contribution in [0.5, 0.6) is 5.75 Å². The van der Waals surface area contributed by atoms with Crippen molar-refractivity contribution >= 4 is 0 Å². The molecule has 0 aliphatic heterocycles. The molecule has 17 heavy (non-hydrogen) atoms. The first-order valence-electron chi connectivity index (χ1n) is 6.40. The number of ether oxygens (including phenoxy) is 1. The number of nitrogens with two attached hydrogens (primary N) is 1. The Hall–Kier alpha value is -1.06. The number of rotatable bonds is 5. The third-order valence-corrected chi connectivity index (χ3v) is 3.49. The molecule has 1 saturated carbocycles. The van der Waals surface area contributed by atoms with Gasteiger partial charge in [-0.15, -0.1) is 0 Å². The molecule has 1 fully saturated rings. The van der Waals surface area contributed by atoms with Crippen molar-refractivity contribution in [1.29, 1.82) is 0 Å². The molecular formula is C14H22N2O. The second-order valence-corrected chi connectivity index (χ2v) is 4.79. The SMILES string of the molecule is COc1ccccc1CCNC1CCC(N)C1. The number of methoxy groups -OCH3 is 1. The normalized spacial score (nSPS) is 23.9. The summed E-state index contributed by atoms with van der Waals surface area (Å²) in [5, 5.41) is 3.58. The molecule has 94 valence electrons. The van der Waals surface area contributed by atoms with Gasteiger partial charge in [0, 0.05) is 12.1 Å². The number of benzene rings is 1. The van der Waals surface area contributed by atoms with Gasteiger partial charge in [-0.05, 0) is 43.9 Å². The lowest BCUT2D eigenvalue weighted by molar-refractivity contribution is 0.408. The molecule has 0 aromatic heterocycles. The van der Waals surface area contributed by atoms with Crippen LogP contribution in [-0.2, 0) is 6.42 Å². The van der Waals surface area contributed by atoms with E-state index in [9.17, 15) is 0 Å². The molecule has 0 saturated heterocycles. The third kappa shape index (κ3) is 3.45. The second kappa shape index (κ2) is 6.03. The van der Waals surface area contributed by atoms with Gasteiger partial charge in [-0.3, -0.25) is 0 Å². The van der Waals surface area contributed by atoms with Crippen molar-refractivity contribution in [3.8, 4) is 5.75 Å². The summed E-state index contributed by atoms with van der Waals surface area (Å²) in [5.74, 6) is 0.984. The number of nitrogens with one attached hydrogen (secondary N) is 1. The van der Waals surface area contributed by atoms with Gasteiger partial charge in [0.05, 0.1) is 7.11 Å². The minimum Gasteiger partial charge on any atom is -0.496 e. The van der Waals surface area contributed by atoms with Crippen molar-refractivity contribution in [3.63, 3.8) is 0 Å². The summed E-state index contributed by atoms with van der Waals surface area (Å²) in [6.07, 6.45) is 4.50. The summed E-state index contributed by atoms with van der Waals surface area (Å²) < 4.78 is 5.34. The molecule has 1 aliphatic carbocycles. The van der Waals surface area contributed by atoms with Crippen LogP contribution >= 0.6 is 0 Å². The van der Waals surface area contributed by atoms with Gasteiger partial charge in [0.2, 0.25) is 0 Å². The molecule has 1 aromatic rings. The van der Waals surface area contributed by atoms with Gasteiger partial charge < -0.3 is 15.8 Å². The summed E-state index contributed by atoms with van der Waals surface area (Å²) in [6, 6.07) is 9.22. The lowest BCUT2D eigenvalue weighted by atomic mass is 10.1. The molecule has 0 radical (unpaired) electrons. The van der Waals surface area contributed by atoms with Crippen molar-refractivity contribution < 1.29 is 4.74 Å². The van der Waals surface area contributed by atoms with E-state index in [1.165, 1.54) is 12.0 Å². The maximum absolute atomic E-state index is 5.89. The zero-order valence-corrected chi connectivity index (χ0v) is 10.5. The Morgan fingerprint density at radius 3 is 2.88 bits per heavy atom. The minimum atomic E-state index is 0.402. The van der Waals surface area contributed by atoms with Crippen LogP contribution in [0.3, 0.4) is 0 Å². The van der Waals surface area contributed by atoms with Gasteiger partial charge in [-0.2, -0.15) is 0 Å². The highest BCUT2D eigenvalue weighted by molar-refractivity contribution is 5.33. The van der Waals surface area contributed by atoms with E-state index in [0.717, 1.165) is 31.6 Å². The lowest BCUT2D eigenvalue weighted by Gasteiger charge is -2.13. The molecule has 0 spiro atoms. The van der Waals surface area contributed by atoms with Gasteiger partial charge in [0.25, 0.3) is 0 Å². The maximum atomic E-state index is 5.89. The van der Waals surface area contributed by atoms with Crippen LogP contribution < -0.4 is 15.8 Å². The molecule has 2 rings (SSSR count). The fourth-order valence-electron chi connectivity index (χ4n) is 2.52. The summed E-state index contributed by atoms with van der Waals surface area (Å²) in [5.41, 5.74) is 7.16. The quantitative estimate of drug-likeness (QED) is 0.815. The molecule has 0 heterocycles. The van der Waals surface area contributed by atoms with E-state index >= 15 is 0 Å². The number of para-hydroxylation sites is 1. The van der Waals surface area contributed by atoms with Gasteiger partial charge in [-0.1, -0.05) is 18.2 Å². The van der Waals surface area contributed by atoms with Crippen molar-refractivity contribution in [2.24, 2.45) is 5.73 Å². The van der Waals surface area contributed by atoms with E-state index in [4.69, 9.17) is 10.5 Å². The fourth-order valence-corrected chi connectivity index (χ4v) is 2.52. The molecule has 2 unspecified atom stereocenters. The predicted octanol–water partition coefficient (Wildman–Crippen LogP) is 1.71. The van der Waals surface area contributed by atoms with Crippen LogP contribution in [0.15, 0.2) is 24.3 Å². The average molecular weight is 234 g/mol. The predicted molar refractivity (Wildman–Crippen MR) is 70.3 cm³/mol. The van der Waals surface area contributed by atoms with Crippen LogP contribution in [0.1, 0.15) is 24.8 Å². The molecule has 1 aromatic carbocycles. The Morgan fingerprint density at radius 1 is 1.35 bits per heavy atom. The number of hydrogen-bond donors (Lipinski definition) is 2. The fraction of sp³-hybridized carbons (Fsp3) is 0.571. The first-order valence-corrected chi connectivity index (χ1v) is 6.40. The van der Waals surface area contributed by atoms with E-state index in [-0.39, 0.29) is 0 Å². The smallest absolute Gasteiger partial charge is 0.122 e. The molecule has 0 amide bonds. The molecule has 0 bridgehead atoms. The first kappa shape index (κ1) is 12.4. The monoisotopic (exact) mass is 234 g/mol. The van der Waals surface area contributed by atoms with Crippen LogP contribution in [0.4, 0.5) is 0 Å². The van der Waals surface area contributed by atoms with Crippen LogP contribution in [0.2, 0.25) is 0 Å². The van der Waals surface area contributed by atoms with Gasteiger partial charge in [0.1, 0.15) is 5.75 Å². The third-order valence-electron chi connectivity index (χ3n) is 3.49. The lowest BCUT2D eigenvalue weighted by Crippen LogP contribution is -2.30. The van der Waals surface area contributed by atoms with Crippen LogP contribution in [0.25, 0.3) is 0 Å². The van der Waals surface area contributed by atoms with Crippen molar-refractivity contribution in [2.45, 2.75) is 37.8 Å². The summed E-state index contributed by atoms with van der Waals surface area (Å²) in [6.45, 7) is 0.998. The highest BCUT2D eigenvalue weighted by Crippen LogP contribution is 2.19. The summed E-state index contributed by atoms with van der Waals surface area (Å²) in [7, 11) is 1.72. The molecule has 3 heteroatoms. The number of hydrogen-bond acceptors (Lipinski definition) is 3. The van der Waals surface area contributed by atoms with Crippen molar-refractivity contribution in [3.05, 3.63) is 29.8 Å². The zero-order valence-electron chi connectivity index (χ0n) is 10.5. The first-order chi connectivity index (χ1) is 8.29. The largest absolute Gasteiger partial charge is 0.496 e. The van der Waals surface area contributed by atoms with Gasteiger partial charge in [0.15, 0.2) is 0 Å². The van der Waals surface area contributed by atoms with E-state index in [2.05, 4.69) is 17.4 Å². The Labute approximate surface area is 103 Å². The van der Waals surface area contributed by atoms with E-state index in [0.29, 0.717) is 12.1 Å². The molecule has 1 aliphatic rings. The van der Waals surface area contributed by atoms with Crippen LogP contribution in [-0.4, -0.2) is 25.7 Å². The molecule has 2 atom stereocenters. The second-order valence-electron chi connectivity index (χ2n) is 4.79. The average Bonchev–Trinajstić information content (AvgIpc) is 2.76. The summed E-state index contributed by atoms with van der Waals surface area (Å²) >= 11 is 0. The zero-order chi connectivity index (χ0) is 12.1. The van der Waals surface area contributed by atoms with Gasteiger partial charge in [-0.25, -0.2) is 0 Å². The topological polar surface area (TPSA) is 47.3 Å². The van der Waals surface area contributed by atoms with E-state index in [1.807, 2.05) is 12.1 Å². The maximum Gasteiger partial charge on any atom is 0.122 e. The Balaban J connectivity index is 1.78. The molecule has 3 nitrogen and oxygen atoms in total. The van der Waals surface area contributed by atoms with Crippen LogP contribution in [0, 0.1) is 0 Å². The van der Waals surface area contributed by atoms with Crippen molar-refractivity contribution in [1.82, 2.24) is 5.32 Å². The Kier molecular flexibility index (Phi) is 4.40. The minimum absolute atomic E-state index is 0.402. The standard InChI is InChI=1S/C14H22N2O/c1-17-14-5-3-2-4-11(14)8-9-16-13-7-6-12(15)10-13/h2-5,12-13,16H,6-10,15H2,1H3. The van der Waals surface area contributed by atoms with Gasteiger partial charge >= 0.3 is 0 Å². The highest BCUT2D eigenvalue weighted by Gasteiger charge is 2.20.